The largest absolute Gasteiger partial charge is 0.336 e. The number of piperidine rings is 1. The molecule has 3 rings (SSSR count). The van der Waals surface area contributed by atoms with Crippen LogP contribution >= 0.6 is 24.0 Å². The summed E-state index contributed by atoms with van der Waals surface area (Å²) in [6.45, 7) is 6.58. The summed E-state index contributed by atoms with van der Waals surface area (Å²) in [7, 11) is 1.97. The number of para-hydroxylation sites is 1. The highest BCUT2D eigenvalue weighted by Gasteiger charge is 2.27. The molecule has 0 radical (unpaired) electrons. The van der Waals surface area contributed by atoms with Gasteiger partial charge in [-0.15, -0.1) is 17.5 Å². The van der Waals surface area contributed by atoms with Crippen LogP contribution in [-0.4, -0.2) is 52.3 Å². The zero-order valence-corrected chi connectivity index (χ0v) is 17.6. The van der Waals surface area contributed by atoms with Crippen LogP contribution in [0.5, 0.6) is 0 Å². The Hall–Kier alpha value is -1.63. The molecule has 1 aromatic heterocycles. The molecule has 27 heavy (non-hydrogen) atoms. The lowest BCUT2D eigenvalue weighted by atomic mass is 9.97. The quantitative estimate of drug-likeness (QED) is 0.816. The van der Waals surface area contributed by atoms with E-state index in [1.807, 2.05) is 50.1 Å². The van der Waals surface area contributed by atoms with Crippen molar-refractivity contribution in [3.8, 4) is 5.69 Å². The van der Waals surface area contributed by atoms with Crippen molar-refractivity contribution in [2.24, 2.45) is 5.92 Å². The van der Waals surface area contributed by atoms with Gasteiger partial charge in [-0.3, -0.25) is 4.79 Å². The number of aromatic nitrogens is 3. The lowest BCUT2D eigenvalue weighted by Gasteiger charge is -2.31. The molecule has 1 saturated heterocycles. The molecule has 148 valence electrons. The summed E-state index contributed by atoms with van der Waals surface area (Å²) in [5.74, 6) is 1.65. The minimum Gasteiger partial charge on any atom is -0.336 e. The molecule has 8 heteroatoms. The van der Waals surface area contributed by atoms with E-state index in [4.69, 9.17) is 11.6 Å². The van der Waals surface area contributed by atoms with Gasteiger partial charge < -0.3 is 10.2 Å². The van der Waals surface area contributed by atoms with Crippen LogP contribution in [0.25, 0.3) is 5.69 Å². The summed E-state index contributed by atoms with van der Waals surface area (Å²) < 4.78 is 1.70. The van der Waals surface area contributed by atoms with E-state index in [0.717, 1.165) is 44.0 Å². The van der Waals surface area contributed by atoms with Crippen molar-refractivity contribution in [2.45, 2.75) is 32.6 Å². The predicted molar refractivity (Wildman–Crippen MR) is 110 cm³/mol. The molecule has 0 saturated carbocycles. The first-order valence-electron chi connectivity index (χ1n) is 9.17. The minimum absolute atomic E-state index is 0. The van der Waals surface area contributed by atoms with Gasteiger partial charge in [0.1, 0.15) is 5.82 Å². The number of nitrogens with one attached hydrogen (secondary N) is 1. The van der Waals surface area contributed by atoms with Crippen molar-refractivity contribution < 1.29 is 4.79 Å². The first-order valence-corrected chi connectivity index (χ1v) is 9.54. The maximum absolute atomic E-state index is 12.9. The molecule has 1 amide bonds. The second-order valence-corrected chi connectivity index (χ2v) is 7.51. The second-order valence-electron chi connectivity index (χ2n) is 7.10. The van der Waals surface area contributed by atoms with Gasteiger partial charge in [0.2, 0.25) is 5.82 Å². The van der Waals surface area contributed by atoms with Crippen molar-refractivity contribution in [1.82, 2.24) is 25.0 Å². The molecule has 1 aliphatic heterocycles. The molecular weight excluding hydrogens is 385 g/mol. The Kier molecular flexibility index (Phi) is 7.65. The van der Waals surface area contributed by atoms with E-state index in [1.54, 1.807) is 4.68 Å². The van der Waals surface area contributed by atoms with E-state index in [9.17, 15) is 4.79 Å². The van der Waals surface area contributed by atoms with Crippen LogP contribution in [0.2, 0.25) is 5.02 Å². The van der Waals surface area contributed by atoms with Crippen LogP contribution in [0.3, 0.4) is 0 Å². The molecule has 1 aromatic carbocycles. The van der Waals surface area contributed by atoms with Crippen molar-refractivity contribution >= 4 is 29.9 Å². The van der Waals surface area contributed by atoms with Crippen LogP contribution in [0.15, 0.2) is 24.3 Å². The summed E-state index contributed by atoms with van der Waals surface area (Å²) in [6, 6.07) is 7.48. The molecule has 0 aliphatic carbocycles. The average molecular weight is 412 g/mol. The number of hydrogen-bond donors (Lipinski definition) is 1. The summed E-state index contributed by atoms with van der Waals surface area (Å²) in [4.78, 5) is 19.3. The molecule has 1 N–H and O–H groups in total. The zero-order valence-electron chi connectivity index (χ0n) is 16.0. The first kappa shape index (κ1) is 21.7. The zero-order chi connectivity index (χ0) is 18.7. The third-order valence-corrected chi connectivity index (χ3v) is 5.13. The summed E-state index contributed by atoms with van der Waals surface area (Å²) in [5.41, 5.74) is 0.747. The molecule has 0 atom stereocenters. The molecule has 0 unspecified atom stereocenters. The van der Waals surface area contributed by atoms with Gasteiger partial charge in [-0.05, 0) is 44.5 Å². The minimum atomic E-state index is -0.0967. The first-order chi connectivity index (χ1) is 12.5. The van der Waals surface area contributed by atoms with E-state index in [-0.39, 0.29) is 30.1 Å². The van der Waals surface area contributed by atoms with Crippen molar-refractivity contribution in [3.05, 3.63) is 40.9 Å². The van der Waals surface area contributed by atoms with Gasteiger partial charge in [-0.1, -0.05) is 37.6 Å². The standard InChI is InChI=1S/C19H26ClN5O.ClH/c1-13(2)18-22-17(23-25(18)16-7-5-4-6-15(16)20)19(26)24-10-8-14(9-11-24)12-21-3;/h4-7,13-14,21H,8-12H2,1-3H3;1H. The van der Waals surface area contributed by atoms with Gasteiger partial charge in [0, 0.05) is 19.0 Å². The lowest BCUT2D eigenvalue weighted by molar-refractivity contribution is 0.0678. The number of nitrogens with zero attached hydrogens (tertiary/aromatic N) is 4. The van der Waals surface area contributed by atoms with Gasteiger partial charge in [-0.25, -0.2) is 9.67 Å². The van der Waals surface area contributed by atoms with Gasteiger partial charge >= 0.3 is 0 Å². The Bertz CT molecular complexity index is 769. The number of carbonyl (C=O) groups is 1. The number of likely N-dealkylation sites (tertiary alicyclic amines) is 1. The SMILES string of the molecule is CNCC1CCN(C(=O)c2nc(C(C)C)n(-c3ccccc3Cl)n2)CC1.Cl. The van der Waals surface area contributed by atoms with Crippen LogP contribution < -0.4 is 5.32 Å². The fraction of sp³-hybridized carbons (Fsp3) is 0.526. The van der Waals surface area contributed by atoms with Crippen molar-refractivity contribution in [1.29, 1.82) is 0 Å². The van der Waals surface area contributed by atoms with Crippen LogP contribution in [0.4, 0.5) is 0 Å². The Labute approximate surface area is 171 Å². The molecule has 1 aliphatic rings. The van der Waals surface area contributed by atoms with Gasteiger partial charge in [-0.2, -0.15) is 0 Å². The summed E-state index contributed by atoms with van der Waals surface area (Å²) >= 11 is 6.33. The monoisotopic (exact) mass is 411 g/mol. The highest BCUT2D eigenvalue weighted by molar-refractivity contribution is 6.32. The number of amides is 1. The van der Waals surface area contributed by atoms with E-state index < -0.39 is 0 Å². The topological polar surface area (TPSA) is 63.1 Å². The molecule has 0 spiro atoms. The Morgan fingerprint density at radius 2 is 1.96 bits per heavy atom. The molecule has 2 aromatic rings. The fourth-order valence-corrected chi connectivity index (χ4v) is 3.58. The summed E-state index contributed by atoms with van der Waals surface area (Å²) in [6.07, 6.45) is 2.02. The fourth-order valence-electron chi connectivity index (χ4n) is 3.36. The predicted octanol–water partition coefficient (Wildman–Crippen LogP) is 3.54. The van der Waals surface area contributed by atoms with Crippen LogP contribution in [0.1, 0.15) is 49.1 Å². The number of hydrogen-bond acceptors (Lipinski definition) is 4. The Morgan fingerprint density at radius 3 is 2.56 bits per heavy atom. The third-order valence-electron chi connectivity index (χ3n) is 4.82. The molecule has 1 fully saturated rings. The number of carbonyl (C=O) groups excluding carboxylic acids is 1. The molecular formula is C19H27Cl2N5O. The van der Waals surface area contributed by atoms with Gasteiger partial charge in [0.25, 0.3) is 5.91 Å². The highest BCUT2D eigenvalue weighted by Crippen LogP contribution is 2.24. The van der Waals surface area contributed by atoms with Crippen LogP contribution in [0, 0.1) is 5.92 Å². The third kappa shape index (κ3) is 4.81. The molecule has 6 nitrogen and oxygen atoms in total. The lowest BCUT2D eigenvalue weighted by Crippen LogP contribution is -2.40. The van der Waals surface area contributed by atoms with Crippen LogP contribution in [-0.2, 0) is 0 Å². The van der Waals surface area contributed by atoms with Crippen molar-refractivity contribution in [3.63, 3.8) is 0 Å². The van der Waals surface area contributed by atoms with Gasteiger partial charge in [0.05, 0.1) is 10.7 Å². The van der Waals surface area contributed by atoms with Gasteiger partial charge in [0.15, 0.2) is 0 Å². The maximum atomic E-state index is 12.9. The Balaban J connectivity index is 0.00000261. The highest BCUT2D eigenvalue weighted by atomic mass is 35.5. The smallest absolute Gasteiger partial charge is 0.293 e. The maximum Gasteiger partial charge on any atom is 0.293 e. The number of halogens is 2. The Morgan fingerprint density at radius 1 is 1.30 bits per heavy atom. The number of rotatable bonds is 5. The van der Waals surface area contributed by atoms with E-state index in [0.29, 0.717) is 10.9 Å². The second kappa shape index (κ2) is 9.53. The van der Waals surface area contributed by atoms with Crippen molar-refractivity contribution in [2.75, 3.05) is 26.7 Å². The van der Waals surface area contributed by atoms with E-state index in [1.165, 1.54) is 0 Å². The van der Waals surface area contributed by atoms with E-state index >= 15 is 0 Å². The molecule has 0 bridgehead atoms. The summed E-state index contributed by atoms with van der Waals surface area (Å²) in [5, 5.41) is 8.32. The molecule has 2 heterocycles. The number of benzene rings is 1. The van der Waals surface area contributed by atoms with E-state index in [2.05, 4.69) is 15.4 Å². The average Bonchev–Trinajstić information content (AvgIpc) is 3.08. The normalized spacial score (nSPS) is 15.1.